The third kappa shape index (κ3) is 3.17. The molecule has 108 valence electrons. The number of fused-ring (bicyclic) bond motifs is 1. The fourth-order valence-corrected chi connectivity index (χ4v) is 1.97. The van der Waals surface area contributed by atoms with E-state index >= 15 is 0 Å². The SMILES string of the molecule is O=C1COc2ccc([N+](=O)[O-])cc2N1CCOCCCl. The number of nitro benzene ring substituents is 1. The zero-order valence-corrected chi connectivity index (χ0v) is 11.3. The monoisotopic (exact) mass is 300 g/mol. The molecular weight excluding hydrogens is 288 g/mol. The minimum atomic E-state index is -0.512. The number of carbonyl (C=O) groups is 1. The van der Waals surface area contributed by atoms with Crippen LogP contribution in [0.15, 0.2) is 18.2 Å². The Kier molecular flexibility index (Phi) is 4.75. The van der Waals surface area contributed by atoms with Crippen LogP contribution in [0.5, 0.6) is 5.75 Å². The lowest BCUT2D eigenvalue weighted by Gasteiger charge is -2.29. The summed E-state index contributed by atoms with van der Waals surface area (Å²) in [6.07, 6.45) is 0. The van der Waals surface area contributed by atoms with E-state index in [1.54, 1.807) is 0 Å². The van der Waals surface area contributed by atoms with Crippen LogP contribution in [-0.4, -0.2) is 43.1 Å². The van der Waals surface area contributed by atoms with Crippen LogP contribution in [0.2, 0.25) is 0 Å². The Balaban J connectivity index is 2.18. The molecular formula is C12H13ClN2O5. The van der Waals surface area contributed by atoms with E-state index in [4.69, 9.17) is 21.1 Å². The smallest absolute Gasteiger partial charge is 0.271 e. The number of rotatable bonds is 6. The quantitative estimate of drug-likeness (QED) is 0.345. The molecule has 0 radical (unpaired) electrons. The fourth-order valence-electron chi connectivity index (χ4n) is 1.86. The molecule has 7 nitrogen and oxygen atoms in total. The van der Waals surface area contributed by atoms with Gasteiger partial charge in [-0.3, -0.25) is 14.9 Å². The van der Waals surface area contributed by atoms with Gasteiger partial charge in [-0.15, -0.1) is 11.6 Å². The first-order valence-electron chi connectivity index (χ1n) is 5.99. The predicted molar refractivity (Wildman–Crippen MR) is 72.5 cm³/mol. The van der Waals surface area contributed by atoms with Crippen LogP contribution in [0.4, 0.5) is 11.4 Å². The summed E-state index contributed by atoms with van der Waals surface area (Å²) in [5, 5.41) is 10.8. The lowest BCUT2D eigenvalue weighted by atomic mass is 10.2. The summed E-state index contributed by atoms with van der Waals surface area (Å²) in [6, 6.07) is 4.16. The molecule has 0 aromatic heterocycles. The Bertz CT molecular complexity index is 523. The number of non-ortho nitro benzene ring substituents is 1. The summed E-state index contributed by atoms with van der Waals surface area (Å²) in [6.45, 7) is 0.913. The molecule has 20 heavy (non-hydrogen) atoms. The van der Waals surface area contributed by atoms with Crippen LogP contribution >= 0.6 is 11.6 Å². The molecule has 8 heteroatoms. The largest absolute Gasteiger partial charge is 0.482 e. The summed E-state index contributed by atoms with van der Waals surface area (Å²) >= 11 is 5.49. The van der Waals surface area contributed by atoms with Gasteiger partial charge in [0.1, 0.15) is 5.75 Å². The van der Waals surface area contributed by atoms with E-state index in [-0.39, 0.29) is 18.2 Å². The molecule has 0 aliphatic carbocycles. The summed E-state index contributed by atoms with van der Waals surface area (Å²) in [5.41, 5.74) is 0.304. The van der Waals surface area contributed by atoms with Crippen molar-refractivity contribution >= 4 is 28.9 Å². The maximum absolute atomic E-state index is 11.9. The van der Waals surface area contributed by atoms with Crippen molar-refractivity contribution in [3.05, 3.63) is 28.3 Å². The maximum atomic E-state index is 11.9. The van der Waals surface area contributed by atoms with Crippen molar-refractivity contribution in [1.29, 1.82) is 0 Å². The van der Waals surface area contributed by atoms with Gasteiger partial charge in [-0.1, -0.05) is 0 Å². The second kappa shape index (κ2) is 6.53. The zero-order chi connectivity index (χ0) is 14.5. The summed E-state index contributed by atoms with van der Waals surface area (Å²) in [5.74, 6) is 0.569. The van der Waals surface area contributed by atoms with E-state index < -0.39 is 4.92 Å². The highest BCUT2D eigenvalue weighted by Gasteiger charge is 2.27. The molecule has 1 aromatic carbocycles. The lowest BCUT2D eigenvalue weighted by molar-refractivity contribution is -0.384. The van der Waals surface area contributed by atoms with Crippen molar-refractivity contribution in [1.82, 2.24) is 0 Å². The molecule has 1 heterocycles. The normalized spacial score (nSPS) is 13.8. The first kappa shape index (κ1) is 14.5. The molecule has 1 aromatic rings. The van der Waals surface area contributed by atoms with Gasteiger partial charge in [0.2, 0.25) is 0 Å². The van der Waals surface area contributed by atoms with Crippen molar-refractivity contribution in [2.45, 2.75) is 0 Å². The molecule has 1 aliphatic heterocycles. The highest BCUT2D eigenvalue weighted by molar-refractivity contribution is 6.17. The molecule has 1 aliphatic rings. The van der Waals surface area contributed by atoms with Gasteiger partial charge in [-0.2, -0.15) is 0 Å². The number of alkyl halides is 1. The van der Waals surface area contributed by atoms with Gasteiger partial charge >= 0.3 is 0 Å². The minimum Gasteiger partial charge on any atom is -0.482 e. The van der Waals surface area contributed by atoms with Crippen LogP contribution in [0, 0.1) is 10.1 Å². The van der Waals surface area contributed by atoms with Gasteiger partial charge in [0.15, 0.2) is 6.61 Å². The standard InChI is InChI=1S/C12H13ClN2O5/c13-3-5-19-6-4-14-10-7-9(15(17)18)1-2-11(10)20-8-12(14)16/h1-2,7H,3-6,8H2. The van der Waals surface area contributed by atoms with Crippen LogP contribution < -0.4 is 9.64 Å². The predicted octanol–water partition coefficient (Wildman–Crippen LogP) is 1.58. The number of amides is 1. The Hall–Kier alpha value is -1.86. The Morgan fingerprint density at radius 3 is 2.95 bits per heavy atom. The average Bonchev–Trinajstić information content (AvgIpc) is 2.44. The number of ether oxygens (including phenoxy) is 2. The molecule has 0 fully saturated rings. The molecule has 0 saturated carbocycles. The Labute approximate surface area is 120 Å². The zero-order valence-electron chi connectivity index (χ0n) is 10.6. The minimum absolute atomic E-state index is 0.0830. The van der Waals surface area contributed by atoms with Gasteiger partial charge in [-0.05, 0) is 6.07 Å². The highest BCUT2D eigenvalue weighted by Crippen LogP contribution is 2.34. The number of halogens is 1. The van der Waals surface area contributed by atoms with Gasteiger partial charge in [-0.25, -0.2) is 0 Å². The second-order valence-electron chi connectivity index (χ2n) is 4.04. The molecule has 0 bridgehead atoms. The van der Waals surface area contributed by atoms with E-state index in [0.717, 1.165) is 0 Å². The number of nitrogens with zero attached hydrogens (tertiary/aromatic N) is 2. The third-order valence-electron chi connectivity index (χ3n) is 2.78. The number of hydrogen-bond donors (Lipinski definition) is 0. The first-order chi connectivity index (χ1) is 9.63. The number of hydrogen-bond acceptors (Lipinski definition) is 5. The number of benzene rings is 1. The topological polar surface area (TPSA) is 81.9 Å². The highest BCUT2D eigenvalue weighted by atomic mass is 35.5. The maximum Gasteiger partial charge on any atom is 0.271 e. The summed E-state index contributed by atoms with van der Waals surface area (Å²) < 4.78 is 10.5. The van der Waals surface area contributed by atoms with Crippen molar-refractivity contribution in [3.63, 3.8) is 0 Å². The van der Waals surface area contributed by atoms with Crippen LogP contribution in [0.25, 0.3) is 0 Å². The van der Waals surface area contributed by atoms with E-state index in [9.17, 15) is 14.9 Å². The lowest BCUT2D eigenvalue weighted by Crippen LogP contribution is -2.40. The van der Waals surface area contributed by atoms with E-state index in [2.05, 4.69) is 0 Å². The summed E-state index contributed by atoms with van der Waals surface area (Å²) in [7, 11) is 0. The molecule has 0 saturated heterocycles. The second-order valence-corrected chi connectivity index (χ2v) is 4.42. The van der Waals surface area contributed by atoms with Crippen molar-refractivity contribution < 1.29 is 19.2 Å². The average molecular weight is 301 g/mol. The van der Waals surface area contributed by atoms with Crippen molar-refractivity contribution in [2.24, 2.45) is 0 Å². The van der Waals surface area contributed by atoms with E-state index in [1.807, 2.05) is 0 Å². The molecule has 0 N–H and O–H groups in total. The molecule has 0 spiro atoms. The number of carbonyl (C=O) groups excluding carboxylic acids is 1. The van der Waals surface area contributed by atoms with E-state index in [0.29, 0.717) is 37.1 Å². The van der Waals surface area contributed by atoms with Crippen molar-refractivity contribution in [2.75, 3.05) is 37.1 Å². The molecule has 0 atom stereocenters. The van der Waals surface area contributed by atoms with Gasteiger partial charge in [0, 0.05) is 24.6 Å². The molecule has 2 rings (SSSR count). The van der Waals surface area contributed by atoms with Gasteiger partial charge in [0.25, 0.3) is 11.6 Å². The fraction of sp³-hybridized carbons (Fsp3) is 0.417. The van der Waals surface area contributed by atoms with Crippen molar-refractivity contribution in [3.8, 4) is 5.75 Å². The van der Waals surface area contributed by atoms with E-state index in [1.165, 1.54) is 23.1 Å². The molecule has 1 amide bonds. The Morgan fingerprint density at radius 1 is 1.45 bits per heavy atom. The first-order valence-corrected chi connectivity index (χ1v) is 6.52. The Morgan fingerprint density at radius 2 is 2.25 bits per heavy atom. The van der Waals surface area contributed by atoms with Gasteiger partial charge < -0.3 is 14.4 Å². The van der Waals surface area contributed by atoms with Crippen LogP contribution in [0.1, 0.15) is 0 Å². The number of anilines is 1. The molecule has 0 unspecified atom stereocenters. The summed E-state index contributed by atoms with van der Waals surface area (Å²) in [4.78, 5) is 23.6. The number of nitro groups is 1. The van der Waals surface area contributed by atoms with Crippen LogP contribution in [0.3, 0.4) is 0 Å². The van der Waals surface area contributed by atoms with Crippen LogP contribution in [-0.2, 0) is 9.53 Å². The van der Waals surface area contributed by atoms with Gasteiger partial charge in [0.05, 0.1) is 23.8 Å². The third-order valence-corrected chi connectivity index (χ3v) is 2.93.